The van der Waals surface area contributed by atoms with E-state index in [1.807, 2.05) is 0 Å². The number of nitro groups is 1. The first-order chi connectivity index (χ1) is 13.0. The van der Waals surface area contributed by atoms with Crippen LogP contribution in [0.3, 0.4) is 0 Å². The summed E-state index contributed by atoms with van der Waals surface area (Å²) in [5, 5.41) is 22.7. The number of carbonyl (C=O) groups is 2. The minimum absolute atomic E-state index is 0.00150. The minimum Gasteiger partial charge on any atom is -0.480 e. The molecule has 0 radical (unpaired) electrons. The SMILES string of the molecule is CS(=O)(=O)CCCC1(C(=O)NC(Cc2ccc([N+](=O)[O-])cc2)C(=O)O)CCC1. The quantitative estimate of drug-likeness (QED) is 0.439. The molecule has 1 aliphatic carbocycles. The van der Waals surface area contributed by atoms with Crippen molar-refractivity contribution in [2.45, 2.75) is 44.6 Å². The Morgan fingerprint density at radius 2 is 1.89 bits per heavy atom. The smallest absolute Gasteiger partial charge is 0.326 e. The Kier molecular flexibility index (Phi) is 6.76. The maximum Gasteiger partial charge on any atom is 0.326 e. The summed E-state index contributed by atoms with van der Waals surface area (Å²) in [4.78, 5) is 34.5. The number of rotatable bonds is 10. The molecular weight excluding hydrogens is 388 g/mol. The van der Waals surface area contributed by atoms with Crippen molar-refractivity contribution in [2.24, 2.45) is 5.41 Å². The van der Waals surface area contributed by atoms with E-state index in [1.165, 1.54) is 24.3 Å². The van der Waals surface area contributed by atoms with Gasteiger partial charge in [0.2, 0.25) is 5.91 Å². The van der Waals surface area contributed by atoms with Gasteiger partial charge in [0.25, 0.3) is 5.69 Å². The molecule has 1 aromatic carbocycles. The standard InChI is InChI=1S/C18H24N2O7S/c1-28(26,27)11-3-10-18(8-2-9-18)17(23)19-15(16(21)22)12-13-4-6-14(7-5-13)20(24)25/h4-7,15H,2-3,8-12H2,1H3,(H,19,23)(H,21,22). The van der Waals surface area contributed by atoms with Crippen LogP contribution >= 0.6 is 0 Å². The maximum atomic E-state index is 12.7. The van der Waals surface area contributed by atoms with Crippen molar-refractivity contribution >= 4 is 27.4 Å². The molecule has 10 heteroatoms. The van der Waals surface area contributed by atoms with Crippen LogP contribution in [0.15, 0.2) is 24.3 Å². The van der Waals surface area contributed by atoms with Crippen molar-refractivity contribution in [3.05, 3.63) is 39.9 Å². The lowest BCUT2D eigenvalue weighted by Crippen LogP contribution is -2.52. The van der Waals surface area contributed by atoms with Crippen LogP contribution in [0, 0.1) is 15.5 Å². The van der Waals surface area contributed by atoms with Gasteiger partial charge >= 0.3 is 5.97 Å². The second-order valence-corrected chi connectivity index (χ2v) is 9.62. The summed E-state index contributed by atoms with van der Waals surface area (Å²) in [7, 11) is -3.12. The topological polar surface area (TPSA) is 144 Å². The van der Waals surface area contributed by atoms with E-state index in [-0.39, 0.29) is 23.8 Å². The lowest BCUT2D eigenvalue weighted by atomic mass is 9.65. The summed E-state index contributed by atoms with van der Waals surface area (Å²) in [5.74, 6) is -1.58. The van der Waals surface area contributed by atoms with Gasteiger partial charge in [-0.3, -0.25) is 14.9 Å². The first-order valence-electron chi connectivity index (χ1n) is 8.97. The number of hydrogen-bond donors (Lipinski definition) is 2. The predicted molar refractivity (Wildman–Crippen MR) is 102 cm³/mol. The molecule has 1 atom stereocenters. The number of nitrogens with zero attached hydrogens (tertiary/aromatic N) is 1. The molecule has 0 aliphatic heterocycles. The summed E-state index contributed by atoms with van der Waals surface area (Å²) in [5.41, 5.74) is -0.259. The first kappa shape index (κ1) is 21.8. The van der Waals surface area contributed by atoms with E-state index in [0.29, 0.717) is 31.2 Å². The highest BCUT2D eigenvalue weighted by Gasteiger charge is 2.44. The van der Waals surface area contributed by atoms with Crippen LogP contribution in [0.5, 0.6) is 0 Å². The highest BCUT2D eigenvalue weighted by molar-refractivity contribution is 7.90. The van der Waals surface area contributed by atoms with Crippen molar-refractivity contribution < 1.29 is 28.0 Å². The number of non-ortho nitro benzene ring substituents is 1. The summed E-state index contributed by atoms with van der Waals surface area (Å²) in [6.07, 6.45) is 3.94. The number of nitrogens with one attached hydrogen (secondary N) is 1. The van der Waals surface area contributed by atoms with Gasteiger partial charge in [0, 0.05) is 36.0 Å². The van der Waals surface area contributed by atoms with Crippen LogP contribution in [0.4, 0.5) is 5.69 Å². The van der Waals surface area contributed by atoms with E-state index in [9.17, 15) is 33.2 Å². The molecule has 9 nitrogen and oxygen atoms in total. The fraction of sp³-hybridized carbons (Fsp3) is 0.556. The number of carboxylic acids is 1. The number of benzene rings is 1. The highest BCUT2D eigenvalue weighted by Crippen LogP contribution is 2.45. The third kappa shape index (κ3) is 5.75. The lowest BCUT2D eigenvalue weighted by molar-refractivity contribution is -0.384. The summed E-state index contributed by atoms with van der Waals surface area (Å²) >= 11 is 0. The number of amides is 1. The largest absolute Gasteiger partial charge is 0.480 e. The van der Waals surface area contributed by atoms with Gasteiger partial charge in [-0.1, -0.05) is 18.6 Å². The molecule has 0 saturated heterocycles. The molecule has 2 N–H and O–H groups in total. The van der Waals surface area contributed by atoms with Gasteiger partial charge < -0.3 is 10.4 Å². The zero-order chi connectivity index (χ0) is 20.9. The number of carbonyl (C=O) groups excluding carboxylic acids is 1. The first-order valence-corrected chi connectivity index (χ1v) is 11.0. The normalized spacial score (nSPS) is 16.6. The van der Waals surface area contributed by atoms with Crippen molar-refractivity contribution in [3.63, 3.8) is 0 Å². The molecule has 1 aromatic rings. The molecule has 1 saturated carbocycles. The number of hydrogen-bond acceptors (Lipinski definition) is 6. The number of carboxylic acid groups (broad SMARTS) is 1. The second-order valence-electron chi connectivity index (χ2n) is 7.36. The molecule has 0 heterocycles. The van der Waals surface area contributed by atoms with Crippen LogP contribution in [-0.2, 0) is 25.8 Å². The lowest BCUT2D eigenvalue weighted by Gasteiger charge is -2.41. The van der Waals surface area contributed by atoms with Gasteiger partial charge in [-0.05, 0) is 31.2 Å². The van der Waals surface area contributed by atoms with E-state index in [2.05, 4.69) is 5.32 Å². The van der Waals surface area contributed by atoms with E-state index in [0.717, 1.165) is 12.7 Å². The number of aliphatic carboxylic acids is 1. The third-order valence-electron chi connectivity index (χ3n) is 5.15. The molecule has 1 amide bonds. The molecular formula is C18H24N2O7S. The van der Waals surface area contributed by atoms with Crippen molar-refractivity contribution in [3.8, 4) is 0 Å². The molecule has 1 fully saturated rings. The molecule has 0 spiro atoms. The predicted octanol–water partition coefficient (Wildman–Crippen LogP) is 1.70. The Bertz CT molecular complexity index is 845. The fourth-order valence-corrected chi connectivity index (χ4v) is 4.04. The summed E-state index contributed by atoms with van der Waals surface area (Å²) in [6.45, 7) is 0. The second kappa shape index (κ2) is 8.68. The van der Waals surface area contributed by atoms with Crippen LogP contribution in [0.25, 0.3) is 0 Å². The van der Waals surface area contributed by atoms with Crippen LogP contribution < -0.4 is 5.32 Å². The average molecular weight is 412 g/mol. The van der Waals surface area contributed by atoms with Crippen LogP contribution in [0.1, 0.15) is 37.7 Å². The van der Waals surface area contributed by atoms with Gasteiger partial charge in [0.1, 0.15) is 15.9 Å². The molecule has 2 rings (SSSR count). The number of sulfone groups is 1. The minimum atomic E-state index is -3.12. The summed E-state index contributed by atoms with van der Waals surface area (Å²) in [6, 6.07) is 4.33. The van der Waals surface area contributed by atoms with E-state index in [4.69, 9.17) is 0 Å². The number of nitro benzene ring substituents is 1. The molecule has 1 aliphatic rings. The molecule has 28 heavy (non-hydrogen) atoms. The molecule has 0 bridgehead atoms. The Morgan fingerprint density at radius 3 is 2.32 bits per heavy atom. The van der Waals surface area contributed by atoms with Crippen LogP contribution in [-0.4, -0.2) is 48.4 Å². The van der Waals surface area contributed by atoms with E-state index < -0.39 is 32.2 Å². The van der Waals surface area contributed by atoms with Crippen molar-refractivity contribution in [1.82, 2.24) is 5.32 Å². The van der Waals surface area contributed by atoms with Crippen LogP contribution in [0.2, 0.25) is 0 Å². The van der Waals surface area contributed by atoms with Gasteiger partial charge in [0.15, 0.2) is 0 Å². The Balaban J connectivity index is 2.02. The average Bonchev–Trinajstić information content (AvgIpc) is 2.55. The van der Waals surface area contributed by atoms with Gasteiger partial charge in [0.05, 0.1) is 4.92 Å². The van der Waals surface area contributed by atoms with Gasteiger partial charge in [-0.2, -0.15) is 0 Å². The third-order valence-corrected chi connectivity index (χ3v) is 6.18. The monoisotopic (exact) mass is 412 g/mol. The Morgan fingerprint density at radius 1 is 1.29 bits per heavy atom. The highest BCUT2D eigenvalue weighted by atomic mass is 32.2. The molecule has 1 unspecified atom stereocenters. The van der Waals surface area contributed by atoms with Crippen molar-refractivity contribution in [2.75, 3.05) is 12.0 Å². The Hall–Kier alpha value is -2.49. The van der Waals surface area contributed by atoms with E-state index >= 15 is 0 Å². The van der Waals surface area contributed by atoms with E-state index in [1.54, 1.807) is 0 Å². The molecule has 154 valence electrons. The summed E-state index contributed by atoms with van der Waals surface area (Å²) < 4.78 is 22.6. The molecule has 0 aromatic heterocycles. The zero-order valence-electron chi connectivity index (χ0n) is 15.6. The maximum absolute atomic E-state index is 12.7. The van der Waals surface area contributed by atoms with Gasteiger partial charge in [-0.15, -0.1) is 0 Å². The van der Waals surface area contributed by atoms with Gasteiger partial charge in [-0.25, -0.2) is 13.2 Å². The zero-order valence-corrected chi connectivity index (χ0v) is 16.4. The fourth-order valence-electron chi connectivity index (χ4n) is 3.37. The van der Waals surface area contributed by atoms with Crippen molar-refractivity contribution in [1.29, 1.82) is 0 Å². The Labute approximate surface area is 163 Å².